The molecule has 1 saturated carbocycles. The Kier molecular flexibility index (Phi) is 5.67. The van der Waals surface area contributed by atoms with Gasteiger partial charge >= 0.3 is 0 Å². The fourth-order valence-electron chi connectivity index (χ4n) is 2.85. The summed E-state index contributed by atoms with van der Waals surface area (Å²) in [6.07, 6.45) is 3.58. The minimum atomic E-state index is -1.47. The molecule has 0 heterocycles. The highest BCUT2D eigenvalue weighted by molar-refractivity contribution is 5.33. The van der Waals surface area contributed by atoms with Crippen LogP contribution < -0.4 is 4.74 Å². The Hall–Kier alpha value is -1.30. The van der Waals surface area contributed by atoms with Gasteiger partial charge in [0, 0.05) is 19.3 Å². The molecule has 124 valence electrons. The van der Waals surface area contributed by atoms with Crippen LogP contribution in [-0.2, 0) is 4.74 Å². The van der Waals surface area contributed by atoms with E-state index in [1.165, 1.54) is 0 Å². The predicted molar refractivity (Wildman–Crippen MR) is 73.8 cm³/mol. The number of ether oxygens (including phenoxy) is 2. The Morgan fingerprint density at radius 1 is 0.818 bits per heavy atom. The summed E-state index contributed by atoms with van der Waals surface area (Å²) in [5.41, 5.74) is -0.678. The van der Waals surface area contributed by atoms with Crippen LogP contribution in [0.3, 0.4) is 0 Å². The first-order chi connectivity index (χ1) is 10.5. The lowest BCUT2D eigenvalue weighted by molar-refractivity contribution is 0.104. The fraction of sp³-hybridized carbons (Fsp3) is 0.625. The summed E-state index contributed by atoms with van der Waals surface area (Å²) in [5, 5.41) is 0. The maximum Gasteiger partial charge on any atom is 0.204 e. The molecule has 1 aliphatic rings. The fourth-order valence-corrected chi connectivity index (χ4v) is 2.85. The number of methoxy groups -OCH3 is 1. The standard InChI is InChI=1S/C16H20F4O2/c1-9-12(17)14(19)16(15(20)13(9)18)22-8-11-5-3-10(4-6-11)7-21-2/h10-11H,3-8H2,1-2H3. The molecule has 2 rings (SSSR count). The zero-order valence-electron chi connectivity index (χ0n) is 12.7. The van der Waals surface area contributed by atoms with Crippen LogP contribution in [0.5, 0.6) is 5.75 Å². The predicted octanol–water partition coefficient (Wildman–Crippen LogP) is 4.38. The summed E-state index contributed by atoms with van der Waals surface area (Å²) in [7, 11) is 1.65. The molecule has 1 aromatic carbocycles. The van der Waals surface area contributed by atoms with Crippen molar-refractivity contribution in [2.24, 2.45) is 11.8 Å². The molecule has 1 aromatic rings. The Morgan fingerprint density at radius 3 is 1.73 bits per heavy atom. The van der Waals surface area contributed by atoms with Crippen molar-refractivity contribution in [2.45, 2.75) is 32.6 Å². The Bertz CT molecular complexity index is 496. The average molecular weight is 320 g/mol. The maximum atomic E-state index is 13.7. The molecule has 22 heavy (non-hydrogen) atoms. The number of hydrogen-bond acceptors (Lipinski definition) is 2. The summed E-state index contributed by atoms with van der Waals surface area (Å²) < 4.78 is 64.5. The number of benzene rings is 1. The van der Waals surface area contributed by atoms with Crippen molar-refractivity contribution in [1.82, 2.24) is 0 Å². The molecule has 6 heteroatoms. The highest BCUT2D eigenvalue weighted by atomic mass is 19.2. The molecule has 0 saturated heterocycles. The number of rotatable bonds is 5. The first-order valence-electron chi connectivity index (χ1n) is 7.40. The lowest BCUT2D eigenvalue weighted by atomic mass is 9.83. The number of hydrogen-bond donors (Lipinski definition) is 0. The van der Waals surface area contributed by atoms with Crippen molar-refractivity contribution < 1.29 is 27.0 Å². The monoisotopic (exact) mass is 320 g/mol. The van der Waals surface area contributed by atoms with Gasteiger partial charge < -0.3 is 9.47 Å². The van der Waals surface area contributed by atoms with Gasteiger partial charge in [-0.25, -0.2) is 8.78 Å². The summed E-state index contributed by atoms with van der Waals surface area (Å²) in [4.78, 5) is 0. The van der Waals surface area contributed by atoms with Crippen molar-refractivity contribution in [3.05, 3.63) is 28.8 Å². The van der Waals surface area contributed by atoms with Gasteiger partial charge in [0.15, 0.2) is 17.4 Å². The smallest absolute Gasteiger partial charge is 0.204 e. The molecular weight excluding hydrogens is 300 g/mol. The van der Waals surface area contributed by atoms with Crippen LogP contribution in [0, 0.1) is 42.0 Å². The van der Waals surface area contributed by atoms with Gasteiger partial charge in [0.1, 0.15) is 0 Å². The van der Waals surface area contributed by atoms with Gasteiger partial charge in [-0.3, -0.25) is 0 Å². The molecule has 2 nitrogen and oxygen atoms in total. The first kappa shape index (κ1) is 17.1. The third kappa shape index (κ3) is 3.54. The van der Waals surface area contributed by atoms with Gasteiger partial charge in [-0.05, 0) is 44.4 Å². The van der Waals surface area contributed by atoms with E-state index in [4.69, 9.17) is 9.47 Å². The van der Waals surface area contributed by atoms with Crippen molar-refractivity contribution >= 4 is 0 Å². The molecule has 0 aromatic heterocycles. The van der Waals surface area contributed by atoms with Crippen molar-refractivity contribution in [2.75, 3.05) is 20.3 Å². The van der Waals surface area contributed by atoms with Crippen LogP contribution in [0.25, 0.3) is 0 Å². The van der Waals surface area contributed by atoms with Crippen molar-refractivity contribution in [1.29, 1.82) is 0 Å². The highest BCUT2D eigenvalue weighted by Crippen LogP contribution is 2.32. The van der Waals surface area contributed by atoms with Gasteiger partial charge in [-0.15, -0.1) is 0 Å². The molecule has 1 aliphatic carbocycles. The van der Waals surface area contributed by atoms with E-state index in [0.29, 0.717) is 12.5 Å². The average Bonchev–Trinajstić information content (AvgIpc) is 2.53. The van der Waals surface area contributed by atoms with Gasteiger partial charge in [0.2, 0.25) is 11.6 Å². The Labute approximate surface area is 127 Å². The van der Waals surface area contributed by atoms with E-state index in [9.17, 15) is 17.6 Å². The van der Waals surface area contributed by atoms with Crippen LogP contribution >= 0.6 is 0 Å². The molecule has 0 N–H and O–H groups in total. The Morgan fingerprint density at radius 2 is 1.27 bits per heavy atom. The van der Waals surface area contributed by atoms with E-state index in [0.717, 1.165) is 32.6 Å². The molecule has 0 bridgehead atoms. The van der Waals surface area contributed by atoms with E-state index in [2.05, 4.69) is 0 Å². The summed E-state index contributed by atoms with van der Waals surface area (Å²) in [5.74, 6) is -6.09. The minimum Gasteiger partial charge on any atom is -0.487 e. The van der Waals surface area contributed by atoms with Crippen LogP contribution in [0.15, 0.2) is 0 Å². The second-order valence-electron chi connectivity index (χ2n) is 5.86. The summed E-state index contributed by atoms with van der Waals surface area (Å²) in [6, 6.07) is 0. The lowest BCUT2D eigenvalue weighted by Crippen LogP contribution is -2.23. The molecule has 0 radical (unpaired) electrons. The van der Waals surface area contributed by atoms with Crippen molar-refractivity contribution in [3.63, 3.8) is 0 Å². The normalized spacial score (nSPS) is 21.9. The van der Waals surface area contributed by atoms with Gasteiger partial charge in [-0.1, -0.05) is 0 Å². The quantitative estimate of drug-likeness (QED) is 0.592. The van der Waals surface area contributed by atoms with Gasteiger partial charge in [-0.2, -0.15) is 8.78 Å². The zero-order chi connectivity index (χ0) is 16.3. The third-order valence-electron chi connectivity index (χ3n) is 4.27. The van der Waals surface area contributed by atoms with E-state index >= 15 is 0 Å². The lowest BCUT2D eigenvalue weighted by Gasteiger charge is -2.28. The largest absolute Gasteiger partial charge is 0.487 e. The SMILES string of the molecule is COCC1CCC(COc2c(F)c(F)c(C)c(F)c2F)CC1. The van der Waals surface area contributed by atoms with Gasteiger partial charge in [0.05, 0.1) is 6.61 Å². The molecule has 0 spiro atoms. The third-order valence-corrected chi connectivity index (χ3v) is 4.27. The molecule has 0 unspecified atom stereocenters. The minimum absolute atomic E-state index is 0.0511. The zero-order valence-corrected chi connectivity index (χ0v) is 12.7. The molecule has 0 atom stereocenters. The van der Waals surface area contributed by atoms with E-state index < -0.39 is 34.6 Å². The first-order valence-corrected chi connectivity index (χ1v) is 7.40. The van der Waals surface area contributed by atoms with Crippen LogP contribution in [0.4, 0.5) is 17.6 Å². The molecule has 0 aliphatic heterocycles. The van der Waals surface area contributed by atoms with E-state index in [1.807, 2.05) is 0 Å². The summed E-state index contributed by atoms with van der Waals surface area (Å²) in [6.45, 7) is 1.73. The van der Waals surface area contributed by atoms with Crippen LogP contribution in [-0.4, -0.2) is 20.3 Å². The topological polar surface area (TPSA) is 18.5 Å². The molecule has 0 amide bonds. The van der Waals surface area contributed by atoms with E-state index in [1.54, 1.807) is 7.11 Å². The summed E-state index contributed by atoms with van der Waals surface area (Å²) >= 11 is 0. The number of halogens is 4. The molecule has 1 fully saturated rings. The highest BCUT2D eigenvalue weighted by Gasteiger charge is 2.26. The second kappa shape index (κ2) is 7.31. The molecular formula is C16H20F4O2. The van der Waals surface area contributed by atoms with Crippen LogP contribution in [0.2, 0.25) is 0 Å². The maximum absolute atomic E-state index is 13.7. The van der Waals surface area contributed by atoms with Gasteiger partial charge in [0.25, 0.3) is 0 Å². The van der Waals surface area contributed by atoms with E-state index in [-0.39, 0.29) is 12.5 Å². The Balaban J connectivity index is 1.98. The van der Waals surface area contributed by atoms with Crippen molar-refractivity contribution in [3.8, 4) is 5.75 Å². The second-order valence-corrected chi connectivity index (χ2v) is 5.86. The van der Waals surface area contributed by atoms with Crippen LogP contribution in [0.1, 0.15) is 31.2 Å².